The normalized spacial score (nSPS) is 16.2. The third-order valence-corrected chi connectivity index (χ3v) is 13.6. The summed E-state index contributed by atoms with van der Waals surface area (Å²) in [6.45, 7) is 12.0. The average Bonchev–Trinajstić information content (AvgIpc) is 3.85. The van der Waals surface area contributed by atoms with Crippen molar-refractivity contribution < 1.29 is 4.74 Å². The summed E-state index contributed by atoms with van der Waals surface area (Å²) >= 11 is 0. The van der Waals surface area contributed by atoms with E-state index in [0.29, 0.717) is 12.6 Å². The quantitative estimate of drug-likeness (QED) is 0.168. The van der Waals surface area contributed by atoms with Crippen molar-refractivity contribution in [3.63, 3.8) is 0 Å². The Bertz CT molecular complexity index is 3210. The van der Waals surface area contributed by atoms with Gasteiger partial charge in [-0.25, -0.2) is 4.98 Å². The fraction of sp³-hybridized carbons (Fsp3) is 0.175. The van der Waals surface area contributed by atoms with Gasteiger partial charge in [-0.2, -0.15) is 0 Å². The third-order valence-electron chi connectivity index (χ3n) is 13.6. The van der Waals surface area contributed by atoms with Gasteiger partial charge in [-0.1, -0.05) is 132 Å². The van der Waals surface area contributed by atoms with Crippen LogP contribution in [-0.2, 0) is 5.41 Å². The first-order valence-corrected chi connectivity index (χ1v) is 22.0. The smallest absolute Gasteiger partial charge is 0.137 e. The zero-order valence-electron chi connectivity index (χ0n) is 35.8. The average molecular weight is 805 g/mol. The largest absolute Gasteiger partial charge is 0.457 e. The molecule has 2 bridgehead atoms. The maximum Gasteiger partial charge on any atom is 0.137 e. The predicted octanol–water partition coefficient (Wildman–Crippen LogP) is 14.6. The van der Waals surface area contributed by atoms with Gasteiger partial charge in [0.1, 0.15) is 24.0 Å². The van der Waals surface area contributed by atoms with Crippen LogP contribution in [0.25, 0.3) is 27.6 Å². The molecular formula is C57H48N4O. The molecule has 0 amide bonds. The van der Waals surface area contributed by atoms with Gasteiger partial charge in [-0.05, 0) is 110 Å². The number of fused-ring (bicyclic) bond motifs is 4. The van der Waals surface area contributed by atoms with Gasteiger partial charge in [-0.15, -0.1) is 0 Å². The Kier molecular flexibility index (Phi) is 8.11. The van der Waals surface area contributed by atoms with Gasteiger partial charge >= 0.3 is 0 Å². The van der Waals surface area contributed by atoms with E-state index in [1.54, 1.807) is 0 Å². The molecule has 3 aliphatic carbocycles. The van der Waals surface area contributed by atoms with E-state index in [-0.39, 0.29) is 17.3 Å². The first kappa shape index (κ1) is 36.7. The van der Waals surface area contributed by atoms with Crippen molar-refractivity contribution in [3.05, 3.63) is 214 Å². The number of rotatable bonds is 6. The molecule has 0 radical (unpaired) electrons. The van der Waals surface area contributed by atoms with E-state index in [4.69, 9.17) is 9.72 Å². The third kappa shape index (κ3) is 5.50. The number of benzene rings is 7. The molecule has 0 saturated carbocycles. The summed E-state index contributed by atoms with van der Waals surface area (Å²) in [5.41, 5.74) is 18.2. The summed E-state index contributed by atoms with van der Waals surface area (Å²) < 4.78 is 9.11. The van der Waals surface area contributed by atoms with E-state index in [2.05, 4.69) is 213 Å². The fourth-order valence-corrected chi connectivity index (χ4v) is 10.8. The number of hydrogen-bond donors (Lipinski definition) is 0. The summed E-state index contributed by atoms with van der Waals surface area (Å²) in [5, 5.41) is 2.36. The van der Waals surface area contributed by atoms with E-state index in [1.165, 1.54) is 72.3 Å². The minimum atomic E-state index is -0.00371. The summed E-state index contributed by atoms with van der Waals surface area (Å²) in [7, 11) is 0. The molecule has 0 saturated heterocycles. The number of nitrogens with zero attached hydrogens (tertiary/aromatic N) is 4. The Morgan fingerprint density at radius 3 is 2.00 bits per heavy atom. The topological polar surface area (TPSA) is 33.5 Å². The highest BCUT2D eigenvalue weighted by Gasteiger charge is 2.46. The van der Waals surface area contributed by atoms with Gasteiger partial charge in [0.2, 0.25) is 0 Å². The SMILES string of the molecule is CC(C)c1ccccc1N1CN(c2cccc(Oc3ccc4c5ccccc5n(-c5cc(C(C)(C)C)ccn5)c4c3)c2)c2ccc3c(c21)C1c2ccccc2C3c2ccccc21. The van der Waals surface area contributed by atoms with Gasteiger partial charge in [-0.3, -0.25) is 4.57 Å². The predicted molar refractivity (Wildman–Crippen MR) is 255 cm³/mol. The summed E-state index contributed by atoms with van der Waals surface area (Å²) in [6, 6.07) is 60.1. The molecule has 4 aliphatic rings. The van der Waals surface area contributed by atoms with Gasteiger partial charge in [0, 0.05) is 52.3 Å². The van der Waals surface area contributed by atoms with Crippen LogP contribution in [-0.4, -0.2) is 16.2 Å². The first-order valence-electron chi connectivity index (χ1n) is 22.0. The van der Waals surface area contributed by atoms with Crippen molar-refractivity contribution in [1.82, 2.24) is 9.55 Å². The number of anilines is 4. The van der Waals surface area contributed by atoms with Crippen LogP contribution in [0.15, 0.2) is 170 Å². The van der Waals surface area contributed by atoms with Crippen molar-refractivity contribution in [3.8, 4) is 17.3 Å². The molecule has 2 aromatic heterocycles. The summed E-state index contributed by atoms with van der Waals surface area (Å²) in [5.74, 6) is 3.20. The van der Waals surface area contributed by atoms with Gasteiger partial charge in [0.15, 0.2) is 0 Å². The molecular weight excluding hydrogens is 757 g/mol. The highest BCUT2D eigenvalue weighted by atomic mass is 16.5. The summed E-state index contributed by atoms with van der Waals surface area (Å²) in [6.07, 6.45) is 1.93. The zero-order valence-corrected chi connectivity index (χ0v) is 35.8. The Labute approximate surface area is 363 Å². The van der Waals surface area contributed by atoms with Crippen molar-refractivity contribution in [2.75, 3.05) is 16.5 Å². The van der Waals surface area contributed by atoms with Gasteiger partial charge in [0.05, 0.1) is 22.4 Å². The number of hydrogen-bond acceptors (Lipinski definition) is 4. The maximum atomic E-state index is 6.84. The first-order chi connectivity index (χ1) is 30.2. The highest BCUT2D eigenvalue weighted by molar-refractivity contribution is 6.09. The Balaban J connectivity index is 0.974. The Hall–Kier alpha value is -7.11. The zero-order chi connectivity index (χ0) is 41.9. The Morgan fingerprint density at radius 1 is 0.565 bits per heavy atom. The lowest BCUT2D eigenvalue weighted by Gasteiger charge is -2.43. The van der Waals surface area contributed by atoms with Gasteiger partial charge in [0.25, 0.3) is 0 Å². The van der Waals surface area contributed by atoms with Crippen LogP contribution in [0, 0.1) is 0 Å². The molecule has 5 heteroatoms. The minimum absolute atomic E-state index is 0.00371. The lowest BCUT2D eigenvalue weighted by atomic mass is 9.60. The molecule has 9 aromatic rings. The second-order valence-electron chi connectivity index (χ2n) is 18.6. The summed E-state index contributed by atoms with van der Waals surface area (Å²) in [4.78, 5) is 9.98. The second-order valence-corrected chi connectivity index (χ2v) is 18.6. The number of para-hydroxylation sites is 2. The van der Waals surface area contributed by atoms with E-state index in [1.807, 2.05) is 6.20 Å². The highest BCUT2D eigenvalue weighted by Crippen LogP contribution is 2.61. The van der Waals surface area contributed by atoms with E-state index < -0.39 is 0 Å². The van der Waals surface area contributed by atoms with Crippen molar-refractivity contribution in [2.45, 2.75) is 57.8 Å². The minimum Gasteiger partial charge on any atom is -0.457 e. The number of ether oxygens (including phenoxy) is 1. The molecule has 13 rings (SSSR count). The van der Waals surface area contributed by atoms with Crippen LogP contribution in [0.4, 0.5) is 22.7 Å². The lowest BCUT2D eigenvalue weighted by Crippen LogP contribution is -2.29. The molecule has 0 unspecified atom stereocenters. The van der Waals surface area contributed by atoms with Crippen LogP contribution in [0.1, 0.15) is 96.9 Å². The molecule has 0 N–H and O–H groups in total. The molecule has 0 atom stereocenters. The van der Waals surface area contributed by atoms with Crippen molar-refractivity contribution in [2.24, 2.45) is 0 Å². The van der Waals surface area contributed by atoms with Crippen molar-refractivity contribution >= 4 is 44.6 Å². The molecule has 302 valence electrons. The lowest BCUT2D eigenvalue weighted by molar-refractivity contribution is 0.483. The second kappa shape index (κ2) is 13.7. The molecule has 3 heterocycles. The van der Waals surface area contributed by atoms with Crippen LogP contribution >= 0.6 is 0 Å². The standard InChI is InChI=1S/C57H48N4O/c1-35(2)40-17-10-12-23-48(40)60-34-59(50-28-27-47-53-43-19-6-8-21-45(43)54(55(47)56(50)60)46-22-9-7-20-44(46)53)37-15-14-16-38(32-37)62-39-25-26-42-41-18-11-13-24-49(41)61(51(42)33-39)52-31-36(29-30-58-52)57(3,4)5/h6-33,35,53-54H,34H2,1-5H3. The Morgan fingerprint density at radius 2 is 1.24 bits per heavy atom. The van der Waals surface area contributed by atoms with Crippen LogP contribution < -0.4 is 14.5 Å². The van der Waals surface area contributed by atoms with E-state index in [9.17, 15) is 0 Å². The molecule has 7 aromatic carbocycles. The molecule has 5 nitrogen and oxygen atoms in total. The maximum absolute atomic E-state index is 6.84. The van der Waals surface area contributed by atoms with Crippen molar-refractivity contribution in [1.29, 1.82) is 0 Å². The van der Waals surface area contributed by atoms with Gasteiger partial charge < -0.3 is 14.5 Å². The number of aromatic nitrogens is 2. The molecule has 0 fully saturated rings. The molecule has 1 aliphatic heterocycles. The van der Waals surface area contributed by atoms with Crippen LogP contribution in [0.5, 0.6) is 11.5 Å². The molecule has 62 heavy (non-hydrogen) atoms. The van der Waals surface area contributed by atoms with Crippen LogP contribution in [0.2, 0.25) is 0 Å². The fourth-order valence-electron chi connectivity index (χ4n) is 10.8. The van der Waals surface area contributed by atoms with E-state index in [0.717, 1.165) is 34.0 Å². The molecule has 0 spiro atoms. The monoisotopic (exact) mass is 804 g/mol. The van der Waals surface area contributed by atoms with Crippen LogP contribution in [0.3, 0.4) is 0 Å². The number of pyridine rings is 1. The van der Waals surface area contributed by atoms with E-state index >= 15 is 0 Å².